The molecule has 4 amide bonds. The van der Waals surface area contributed by atoms with E-state index in [-0.39, 0.29) is 36.2 Å². The molecule has 0 saturated heterocycles. The van der Waals surface area contributed by atoms with Gasteiger partial charge in [-0.15, -0.1) is 0 Å². The molecule has 0 saturated carbocycles. The Bertz CT molecular complexity index is 6910. The van der Waals surface area contributed by atoms with Crippen LogP contribution in [0.3, 0.4) is 0 Å². The molecule has 16 aromatic rings. The summed E-state index contributed by atoms with van der Waals surface area (Å²) in [6.07, 6.45) is 15.0. The Morgan fingerprint density at radius 3 is 0.798 bits per heavy atom. The first-order valence-corrected chi connectivity index (χ1v) is 43.2. The minimum atomic E-state index is -1.29. The van der Waals surface area contributed by atoms with E-state index in [4.69, 9.17) is 46.6 Å². The van der Waals surface area contributed by atoms with E-state index in [2.05, 4.69) is 66.8 Å². The van der Waals surface area contributed by atoms with Crippen molar-refractivity contribution < 1.29 is 107 Å². The number of hydrogen-bond acceptors (Lipinski definition) is 14. The first-order valence-electron chi connectivity index (χ1n) is 43.2. The largest absolute Gasteiger partial charge is 1.00 e. The standard InChI is InChI=1S/C27H26N2O4.2C26H24N2O4.C25H22N2O4.Na/c1-32-23(30)16-33-22-14-18-10-5-6-11-19(18)26-25(22)24-20(27(28)31)12-7-13-21(24)29(26)15-17-8-3-2-4-9-17;2*27-26(31)19-11-6-12-20-23(19)24-21(32-15-22(29)30)13-17-9-4-5-10-18(17)25(24)28(20)14-16-7-2-1-3-8-16;26-25(30)18-10-5-11-19-22(18)23-20(31-14-21(28)29)12-16-8-4-9-17(16)24(23)27(19)13-15-6-2-1-3-7-15;/h2-4,7-9,12-14H,5-6,10-11,15-16H2,1H3,(H2,28,31);2*1-3,6-8,11-13H,4-5,9-10,14-15H2,(H2,27,31)(H,29,30);1-3,5-7,10-12H,4,8-9,13-14H2,(H2,26,30)(H,28,29);/q;;;;+1/p-1. The zero-order valence-corrected chi connectivity index (χ0v) is 73.8. The number of amides is 4. The fraction of sp³-hybridized carbons (Fsp3) is 0.231. The molecule has 10 N–H and O–H groups in total. The molecule has 0 spiro atoms. The molecule has 25 heteroatoms. The molecule has 12 aromatic carbocycles. The number of carbonyl (C=O) groups excluding carboxylic acids is 6. The molecule has 0 fully saturated rings. The van der Waals surface area contributed by atoms with E-state index < -0.39 is 67.3 Å². The summed E-state index contributed by atoms with van der Waals surface area (Å²) >= 11 is 0. The smallest absolute Gasteiger partial charge is 0.546 e. The van der Waals surface area contributed by atoms with E-state index in [1.165, 1.54) is 46.1 Å². The number of methoxy groups -OCH3 is 1. The number of esters is 1. The predicted molar refractivity (Wildman–Crippen MR) is 490 cm³/mol. The van der Waals surface area contributed by atoms with Crippen molar-refractivity contribution >= 4 is 135 Å². The second-order valence-corrected chi connectivity index (χ2v) is 32.9. The summed E-state index contributed by atoms with van der Waals surface area (Å²) in [5, 5.41) is 35.6. The number of aliphatic carboxylic acids is 3. The van der Waals surface area contributed by atoms with Gasteiger partial charge in [-0.1, -0.05) is 146 Å². The third-order valence-electron chi connectivity index (χ3n) is 24.9. The van der Waals surface area contributed by atoms with Crippen molar-refractivity contribution in [1.29, 1.82) is 0 Å². The van der Waals surface area contributed by atoms with E-state index in [1.807, 2.05) is 146 Å². The molecule has 4 aliphatic carbocycles. The van der Waals surface area contributed by atoms with Gasteiger partial charge in [-0.3, -0.25) is 19.2 Å². The summed E-state index contributed by atoms with van der Waals surface area (Å²) in [4.78, 5) is 95.0. The molecule has 0 bridgehead atoms. The van der Waals surface area contributed by atoms with Crippen LogP contribution >= 0.6 is 0 Å². The van der Waals surface area contributed by atoms with E-state index in [1.54, 1.807) is 24.3 Å². The van der Waals surface area contributed by atoms with Crippen LogP contribution in [-0.4, -0.2) is 110 Å². The van der Waals surface area contributed by atoms with E-state index in [0.717, 1.165) is 206 Å². The molecule has 0 radical (unpaired) electrons. The molecule has 24 nitrogen and oxygen atoms in total. The van der Waals surface area contributed by atoms with Crippen molar-refractivity contribution in [3.8, 4) is 23.0 Å². The van der Waals surface area contributed by atoms with Gasteiger partial charge in [0.25, 0.3) is 0 Å². The number of hydrogen-bond donors (Lipinski definition) is 6. The van der Waals surface area contributed by atoms with Crippen LogP contribution in [0.5, 0.6) is 23.0 Å². The molecular formula is C104H95N8NaO16. The Labute approximate surface area is 764 Å². The summed E-state index contributed by atoms with van der Waals surface area (Å²) in [5.41, 5.74) is 46.6. The fourth-order valence-corrected chi connectivity index (χ4v) is 19.6. The van der Waals surface area contributed by atoms with Gasteiger partial charge in [0.05, 0.1) is 78.8 Å². The van der Waals surface area contributed by atoms with Gasteiger partial charge in [-0.05, 0) is 236 Å². The molecule has 129 heavy (non-hydrogen) atoms. The van der Waals surface area contributed by atoms with Crippen molar-refractivity contribution in [3.05, 3.63) is 307 Å². The quantitative estimate of drug-likeness (QED) is 0.0242. The minimum Gasteiger partial charge on any atom is -0.546 e. The third-order valence-corrected chi connectivity index (χ3v) is 24.9. The van der Waals surface area contributed by atoms with Crippen molar-refractivity contribution in [2.24, 2.45) is 22.9 Å². The number of rotatable bonds is 24. The zero-order valence-electron chi connectivity index (χ0n) is 71.8. The molecule has 0 unspecified atom stereocenters. The maximum atomic E-state index is 12.4. The van der Waals surface area contributed by atoms with Gasteiger partial charge in [0.1, 0.15) is 29.6 Å². The van der Waals surface area contributed by atoms with E-state index >= 15 is 0 Å². The maximum Gasteiger partial charge on any atom is 1.00 e. The van der Waals surface area contributed by atoms with E-state index in [9.17, 15) is 53.7 Å². The SMILES string of the molecule is COC(=O)COc1cc2c(c3c1c1c(C(N)=O)cccc1n3Cc1ccccc1)CCCC2.NC(=O)c1cccc2c1c1c(OCC(=O)O)cc3c(c1n2Cc1ccccc1)CCC3.NC(=O)c1cccc2c1c1c(OCC(=O)O)cc3c(c1n2Cc1ccccc1)CCCC3.NC(=O)c1cccc2c1c1c(OCC(=O)[O-])cc3c(c1n2Cc1ccccc1)CCCC3.[Na+]. The van der Waals surface area contributed by atoms with Crippen LogP contribution in [0.2, 0.25) is 0 Å². The van der Waals surface area contributed by atoms with Crippen LogP contribution in [0.1, 0.15) is 153 Å². The van der Waals surface area contributed by atoms with Crippen LogP contribution in [0, 0.1) is 0 Å². The number of carbonyl (C=O) groups is 8. The van der Waals surface area contributed by atoms with Crippen LogP contribution in [0.4, 0.5) is 0 Å². The Morgan fingerprint density at radius 2 is 0.550 bits per heavy atom. The maximum absolute atomic E-state index is 12.4. The minimum absolute atomic E-state index is 0. The molecule has 20 rings (SSSR count). The molecule has 0 aliphatic heterocycles. The summed E-state index contributed by atoms with van der Waals surface area (Å²) in [5.74, 6) is -3.87. The van der Waals surface area contributed by atoms with Crippen LogP contribution < -0.4 is 76.5 Å². The molecule has 648 valence electrons. The first-order chi connectivity index (χ1) is 62.2. The number of primary amides is 4. The molecule has 0 atom stereocenters. The van der Waals surface area contributed by atoms with E-state index in [0.29, 0.717) is 76.8 Å². The monoisotopic (exact) mass is 1730 g/mol. The topological polar surface area (TPSA) is 370 Å². The molecule has 4 aromatic heterocycles. The molecule has 4 heterocycles. The van der Waals surface area contributed by atoms with Crippen molar-refractivity contribution in [3.63, 3.8) is 0 Å². The number of nitrogens with zero attached hydrogens (tertiary/aromatic N) is 4. The molecule has 4 aliphatic rings. The number of nitrogens with two attached hydrogens (primary N) is 4. The molecular weight excluding hydrogens is 1640 g/mol. The predicted octanol–water partition coefficient (Wildman–Crippen LogP) is 12.5. The first kappa shape index (κ1) is 88.2. The summed E-state index contributed by atoms with van der Waals surface area (Å²) in [7, 11) is 1.34. The fourth-order valence-electron chi connectivity index (χ4n) is 19.6. The third kappa shape index (κ3) is 17.8. The van der Waals surface area contributed by atoms with Crippen LogP contribution in [-0.2, 0) is 101 Å². The zero-order chi connectivity index (χ0) is 89.0. The van der Waals surface area contributed by atoms with Crippen LogP contribution in [0.15, 0.2) is 218 Å². The second-order valence-electron chi connectivity index (χ2n) is 32.9. The second kappa shape index (κ2) is 38.6. The number of benzene rings is 12. The van der Waals surface area contributed by atoms with Crippen molar-refractivity contribution in [2.45, 2.75) is 122 Å². The number of fused-ring (bicyclic) bond motifs is 20. The summed E-state index contributed by atoms with van der Waals surface area (Å²) in [6, 6.07) is 70.7. The number of aromatic nitrogens is 4. The number of aryl methyl sites for hydroxylation is 8. The number of carboxylic acid groups (broad SMARTS) is 3. The normalized spacial score (nSPS) is 13.0. The average molecular weight is 1740 g/mol. The summed E-state index contributed by atoms with van der Waals surface area (Å²) < 4.78 is 37.0. The van der Waals surface area contributed by atoms with Crippen molar-refractivity contribution in [2.75, 3.05) is 33.5 Å². The van der Waals surface area contributed by atoms with Gasteiger partial charge in [0.15, 0.2) is 19.8 Å². The van der Waals surface area contributed by atoms with Crippen LogP contribution in [0.25, 0.3) is 87.2 Å². The Hall–Kier alpha value is -14.2. The van der Waals surface area contributed by atoms with Crippen molar-refractivity contribution in [1.82, 2.24) is 18.3 Å². The van der Waals surface area contributed by atoms with Gasteiger partial charge >= 0.3 is 47.5 Å². The van der Waals surface area contributed by atoms with Gasteiger partial charge in [0, 0.05) is 70.0 Å². The Balaban J connectivity index is 0.000000126. The van der Waals surface area contributed by atoms with Gasteiger partial charge in [0.2, 0.25) is 23.6 Å². The number of carboxylic acids is 3. The Kier molecular flexibility index (Phi) is 26.4. The summed E-state index contributed by atoms with van der Waals surface area (Å²) in [6.45, 7) is 0.855. The van der Waals surface area contributed by atoms with Gasteiger partial charge in [-0.25, -0.2) is 14.4 Å². The van der Waals surface area contributed by atoms with Gasteiger partial charge in [-0.2, -0.15) is 0 Å². The van der Waals surface area contributed by atoms with Gasteiger partial charge < -0.3 is 85.0 Å². The average Bonchev–Trinajstić information content (AvgIpc) is 1.58. The Morgan fingerprint density at radius 1 is 0.310 bits per heavy atom. The number of ether oxygens (including phenoxy) is 5.